The van der Waals surface area contributed by atoms with Crippen LogP contribution in [0.15, 0.2) is 24.3 Å². The Morgan fingerprint density at radius 2 is 2.00 bits per heavy atom. The summed E-state index contributed by atoms with van der Waals surface area (Å²) in [6, 6.07) is 8.61. The van der Waals surface area contributed by atoms with E-state index in [1.54, 1.807) is 7.11 Å². The molecular weight excluding hydrogens is 240 g/mol. The van der Waals surface area contributed by atoms with Crippen molar-refractivity contribution in [2.24, 2.45) is 0 Å². The van der Waals surface area contributed by atoms with Crippen molar-refractivity contribution in [3.63, 3.8) is 0 Å². The standard InChI is InChI=1S/C15H22N2O2/c1-19-14-6-2-12(3-7-14)8-10-17-15(18)9-11-16-13-4-5-13/h2-3,6-7,13,16H,4-5,8-11H2,1H3,(H,17,18). The maximum atomic E-state index is 11.6. The van der Waals surface area contributed by atoms with E-state index in [1.807, 2.05) is 24.3 Å². The van der Waals surface area contributed by atoms with Crippen LogP contribution in [0.2, 0.25) is 0 Å². The van der Waals surface area contributed by atoms with Crippen LogP contribution in [0, 0.1) is 0 Å². The zero-order valence-corrected chi connectivity index (χ0v) is 11.4. The highest BCUT2D eigenvalue weighted by Gasteiger charge is 2.19. The van der Waals surface area contributed by atoms with E-state index in [-0.39, 0.29) is 5.91 Å². The van der Waals surface area contributed by atoms with Crippen molar-refractivity contribution in [2.45, 2.75) is 31.7 Å². The van der Waals surface area contributed by atoms with E-state index in [9.17, 15) is 4.79 Å². The number of methoxy groups -OCH3 is 1. The quantitative estimate of drug-likeness (QED) is 0.746. The van der Waals surface area contributed by atoms with E-state index in [2.05, 4.69) is 10.6 Å². The van der Waals surface area contributed by atoms with Gasteiger partial charge in [0, 0.05) is 25.6 Å². The fourth-order valence-corrected chi connectivity index (χ4v) is 1.90. The lowest BCUT2D eigenvalue weighted by Crippen LogP contribution is -2.29. The number of hydrogen-bond donors (Lipinski definition) is 2. The van der Waals surface area contributed by atoms with Gasteiger partial charge in [-0.3, -0.25) is 4.79 Å². The molecule has 19 heavy (non-hydrogen) atoms. The molecule has 0 spiro atoms. The summed E-state index contributed by atoms with van der Waals surface area (Å²) < 4.78 is 5.10. The fraction of sp³-hybridized carbons (Fsp3) is 0.533. The molecule has 4 heteroatoms. The Morgan fingerprint density at radius 1 is 1.26 bits per heavy atom. The molecule has 1 amide bonds. The number of carbonyl (C=O) groups excluding carboxylic acids is 1. The van der Waals surface area contributed by atoms with Crippen LogP contribution >= 0.6 is 0 Å². The predicted molar refractivity (Wildman–Crippen MR) is 75.3 cm³/mol. The van der Waals surface area contributed by atoms with E-state index in [0.717, 1.165) is 18.7 Å². The molecule has 1 aromatic rings. The average molecular weight is 262 g/mol. The van der Waals surface area contributed by atoms with Gasteiger partial charge in [-0.1, -0.05) is 12.1 Å². The van der Waals surface area contributed by atoms with E-state index in [4.69, 9.17) is 4.74 Å². The van der Waals surface area contributed by atoms with Crippen LogP contribution in [0.4, 0.5) is 0 Å². The molecule has 1 aliphatic carbocycles. The Hall–Kier alpha value is -1.55. The van der Waals surface area contributed by atoms with E-state index in [1.165, 1.54) is 18.4 Å². The molecule has 2 N–H and O–H groups in total. The van der Waals surface area contributed by atoms with Crippen molar-refractivity contribution in [3.05, 3.63) is 29.8 Å². The molecule has 1 aliphatic rings. The molecule has 0 unspecified atom stereocenters. The Bertz CT molecular complexity index is 399. The van der Waals surface area contributed by atoms with Crippen LogP contribution in [0.1, 0.15) is 24.8 Å². The number of amides is 1. The summed E-state index contributed by atoms with van der Waals surface area (Å²) in [5.74, 6) is 0.987. The highest BCUT2D eigenvalue weighted by molar-refractivity contribution is 5.76. The molecule has 0 heterocycles. The lowest BCUT2D eigenvalue weighted by Gasteiger charge is -2.06. The van der Waals surface area contributed by atoms with Gasteiger partial charge in [0.1, 0.15) is 5.75 Å². The molecule has 0 atom stereocenters. The first-order valence-electron chi connectivity index (χ1n) is 6.91. The molecule has 1 saturated carbocycles. The zero-order valence-electron chi connectivity index (χ0n) is 11.4. The average Bonchev–Trinajstić information content (AvgIpc) is 3.24. The maximum Gasteiger partial charge on any atom is 0.221 e. The van der Waals surface area contributed by atoms with Crippen LogP contribution in [-0.4, -0.2) is 32.1 Å². The molecule has 0 saturated heterocycles. The lowest BCUT2D eigenvalue weighted by atomic mass is 10.1. The number of carbonyl (C=O) groups is 1. The molecule has 0 aliphatic heterocycles. The molecule has 0 aromatic heterocycles. The van der Waals surface area contributed by atoms with E-state index in [0.29, 0.717) is 19.0 Å². The highest BCUT2D eigenvalue weighted by Crippen LogP contribution is 2.18. The van der Waals surface area contributed by atoms with Gasteiger partial charge in [-0.25, -0.2) is 0 Å². The molecule has 2 rings (SSSR count). The van der Waals surface area contributed by atoms with Crippen molar-refractivity contribution < 1.29 is 9.53 Å². The van der Waals surface area contributed by atoms with Gasteiger partial charge in [-0.15, -0.1) is 0 Å². The second-order valence-corrected chi connectivity index (χ2v) is 4.93. The topological polar surface area (TPSA) is 50.4 Å². The number of rotatable bonds is 8. The molecule has 104 valence electrons. The largest absolute Gasteiger partial charge is 0.497 e. The Morgan fingerprint density at radius 3 is 2.63 bits per heavy atom. The minimum absolute atomic E-state index is 0.127. The Kier molecular flexibility index (Phi) is 5.21. The van der Waals surface area contributed by atoms with Gasteiger partial charge in [-0.2, -0.15) is 0 Å². The molecule has 0 bridgehead atoms. The van der Waals surface area contributed by atoms with Crippen LogP contribution in [0.25, 0.3) is 0 Å². The lowest BCUT2D eigenvalue weighted by molar-refractivity contribution is -0.120. The van der Waals surface area contributed by atoms with Gasteiger partial charge in [-0.05, 0) is 37.0 Å². The normalized spacial score (nSPS) is 14.2. The summed E-state index contributed by atoms with van der Waals surface area (Å²) >= 11 is 0. The molecular formula is C15H22N2O2. The molecule has 4 nitrogen and oxygen atoms in total. The van der Waals surface area contributed by atoms with Crippen LogP contribution in [-0.2, 0) is 11.2 Å². The first-order chi connectivity index (χ1) is 9.28. The summed E-state index contributed by atoms with van der Waals surface area (Å²) in [5.41, 5.74) is 1.21. The van der Waals surface area contributed by atoms with Gasteiger partial charge >= 0.3 is 0 Å². The summed E-state index contributed by atoms with van der Waals surface area (Å²) in [6.07, 6.45) is 3.95. The second-order valence-electron chi connectivity index (χ2n) is 4.93. The van der Waals surface area contributed by atoms with Crippen molar-refractivity contribution in [1.82, 2.24) is 10.6 Å². The predicted octanol–water partition coefficient (Wildman–Crippen LogP) is 1.50. The van der Waals surface area contributed by atoms with Crippen molar-refractivity contribution in [2.75, 3.05) is 20.2 Å². The maximum absolute atomic E-state index is 11.6. The third kappa shape index (κ3) is 5.30. The highest BCUT2D eigenvalue weighted by atomic mass is 16.5. The van der Waals surface area contributed by atoms with Crippen molar-refractivity contribution in [1.29, 1.82) is 0 Å². The summed E-state index contributed by atoms with van der Waals surface area (Å²) in [4.78, 5) is 11.6. The zero-order chi connectivity index (χ0) is 13.5. The SMILES string of the molecule is COc1ccc(CCNC(=O)CCNC2CC2)cc1. The summed E-state index contributed by atoms with van der Waals surface area (Å²) in [5, 5.41) is 6.28. The van der Waals surface area contributed by atoms with Gasteiger partial charge in [0.15, 0.2) is 0 Å². The molecule has 1 fully saturated rings. The first kappa shape index (κ1) is 13.9. The van der Waals surface area contributed by atoms with Crippen LogP contribution in [0.5, 0.6) is 5.75 Å². The summed E-state index contributed by atoms with van der Waals surface area (Å²) in [6.45, 7) is 1.48. The molecule has 1 aromatic carbocycles. The van der Waals surface area contributed by atoms with Gasteiger partial charge < -0.3 is 15.4 Å². The van der Waals surface area contributed by atoms with Crippen LogP contribution in [0.3, 0.4) is 0 Å². The number of nitrogens with one attached hydrogen (secondary N) is 2. The van der Waals surface area contributed by atoms with E-state index < -0.39 is 0 Å². The number of hydrogen-bond acceptors (Lipinski definition) is 3. The molecule has 0 radical (unpaired) electrons. The van der Waals surface area contributed by atoms with E-state index >= 15 is 0 Å². The second kappa shape index (κ2) is 7.14. The third-order valence-corrected chi connectivity index (χ3v) is 3.26. The van der Waals surface area contributed by atoms with Crippen molar-refractivity contribution >= 4 is 5.91 Å². The fourth-order valence-electron chi connectivity index (χ4n) is 1.90. The smallest absolute Gasteiger partial charge is 0.221 e. The number of benzene rings is 1. The monoisotopic (exact) mass is 262 g/mol. The minimum Gasteiger partial charge on any atom is -0.497 e. The van der Waals surface area contributed by atoms with Gasteiger partial charge in [0.2, 0.25) is 5.91 Å². The Balaban J connectivity index is 1.57. The number of ether oxygens (including phenoxy) is 1. The minimum atomic E-state index is 0.127. The summed E-state index contributed by atoms with van der Waals surface area (Å²) in [7, 11) is 1.66. The first-order valence-corrected chi connectivity index (χ1v) is 6.91. The van der Waals surface area contributed by atoms with Gasteiger partial charge in [0.25, 0.3) is 0 Å². The van der Waals surface area contributed by atoms with Crippen LogP contribution < -0.4 is 15.4 Å². The van der Waals surface area contributed by atoms with Gasteiger partial charge in [0.05, 0.1) is 7.11 Å². The Labute approximate surface area is 114 Å². The third-order valence-electron chi connectivity index (χ3n) is 3.26. The van der Waals surface area contributed by atoms with Crippen molar-refractivity contribution in [3.8, 4) is 5.75 Å².